The number of amides is 1. The van der Waals surface area contributed by atoms with E-state index in [0.29, 0.717) is 6.61 Å². The second kappa shape index (κ2) is 5.97. The highest BCUT2D eigenvalue weighted by Gasteiger charge is 2.31. The number of para-hydroxylation sites is 1. The van der Waals surface area contributed by atoms with Gasteiger partial charge in [-0.05, 0) is 11.6 Å². The molecule has 0 radical (unpaired) electrons. The average Bonchev–Trinajstić information content (AvgIpc) is 2.97. The highest BCUT2D eigenvalue weighted by molar-refractivity contribution is 5.85. The summed E-state index contributed by atoms with van der Waals surface area (Å²) in [4.78, 5) is 12.4. The Morgan fingerprint density at radius 2 is 1.90 bits per heavy atom. The van der Waals surface area contributed by atoms with Gasteiger partial charge in [0.25, 0.3) is 0 Å². The summed E-state index contributed by atoms with van der Waals surface area (Å²) in [5, 5.41) is 12.4. The van der Waals surface area contributed by atoms with Crippen molar-refractivity contribution in [1.82, 2.24) is 5.32 Å². The number of nitrogens with one attached hydrogen (secondary N) is 1. The van der Waals surface area contributed by atoms with Crippen LogP contribution in [0.3, 0.4) is 0 Å². The monoisotopic (exact) mass is 283 g/mol. The Morgan fingerprint density at radius 1 is 1.19 bits per heavy atom. The number of aliphatic hydroxyl groups is 1. The van der Waals surface area contributed by atoms with Crippen LogP contribution in [0.25, 0.3) is 0 Å². The van der Waals surface area contributed by atoms with Gasteiger partial charge in [0.1, 0.15) is 18.3 Å². The quantitative estimate of drug-likeness (QED) is 0.902. The molecule has 0 aliphatic carbocycles. The Bertz CT molecular complexity index is 627. The van der Waals surface area contributed by atoms with Gasteiger partial charge in [-0.1, -0.05) is 48.5 Å². The van der Waals surface area contributed by atoms with Crippen LogP contribution in [0.1, 0.15) is 23.1 Å². The van der Waals surface area contributed by atoms with Crippen molar-refractivity contribution in [3.63, 3.8) is 0 Å². The smallest absolute Gasteiger partial charge is 0.231 e. The van der Waals surface area contributed by atoms with Crippen molar-refractivity contribution in [1.29, 1.82) is 0 Å². The third kappa shape index (κ3) is 2.76. The molecular formula is C17H17NO3. The summed E-state index contributed by atoms with van der Waals surface area (Å²) in [6, 6.07) is 16.6. The molecule has 4 nitrogen and oxygen atoms in total. The standard InChI is InChI=1S/C17H17NO3/c19-10-15(12-6-2-1-3-7-12)18-17(20)14-11-21-16-9-5-4-8-13(14)16/h1-9,14-15,19H,10-11H2,(H,18,20)/t14?,15-/m1/s1. The van der Waals surface area contributed by atoms with Crippen molar-refractivity contribution in [2.75, 3.05) is 13.2 Å². The van der Waals surface area contributed by atoms with Crippen molar-refractivity contribution in [3.05, 3.63) is 65.7 Å². The second-order valence-electron chi connectivity index (χ2n) is 5.06. The van der Waals surface area contributed by atoms with Gasteiger partial charge in [-0.15, -0.1) is 0 Å². The van der Waals surface area contributed by atoms with Crippen LogP contribution < -0.4 is 10.1 Å². The molecular weight excluding hydrogens is 266 g/mol. The predicted octanol–water partition coefficient (Wildman–Crippen LogP) is 2.01. The third-order valence-electron chi connectivity index (χ3n) is 3.72. The molecule has 2 aromatic rings. The molecule has 4 heteroatoms. The van der Waals surface area contributed by atoms with E-state index in [9.17, 15) is 9.90 Å². The fourth-order valence-corrected chi connectivity index (χ4v) is 2.57. The fraction of sp³-hybridized carbons (Fsp3) is 0.235. The van der Waals surface area contributed by atoms with E-state index in [2.05, 4.69) is 5.32 Å². The van der Waals surface area contributed by atoms with Crippen LogP contribution in [0.5, 0.6) is 5.75 Å². The van der Waals surface area contributed by atoms with E-state index in [1.807, 2.05) is 54.6 Å². The molecule has 1 unspecified atom stereocenters. The van der Waals surface area contributed by atoms with E-state index in [4.69, 9.17) is 4.74 Å². The average molecular weight is 283 g/mol. The molecule has 1 aliphatic heterocycles. The lowest BCUT2D eigenvalue weighted by Crippen LogP contribution is -2.35. The Hall–Kier alpha value is -2.33. The van der Waals surface area contributed by atoms with Crippen molar-refractivity contribution < 1.29 is 14.6 Å². The number of ether oxygens (including phenoxy) is 1. The maximum absolute atomic E-state index is 12.4. The van der Waals surface area contributed by atoms with Gasteiger partial charge in [0.05, 0.1) is 12.6 Å². The van der Waals surface area contributed by atoms with Crippen LogP contribution in [0.4, 0.5) is 0 Å². The zero-order valence-electron chi connectivity index (χ0n) is 11.5. The molecule has 0 aromatic heterocycles. The normalized spacial score (nSPS) is 17.7. The van der Waals surface area contributed by atoms with Crippen LogP contribution in [-0.2, 0) is 4.79 Å². The molecule has 3 rings (SSSR count). The summed E-state index contributed by atoms with van der Waals surface area (Å²) in [6.45, 7) is 0.211. The molecule has 1 aliphatic rings. The number of aliphatic hydroxyl groups excluding tert-OH is 1. The summed E-state index contributed by atoms with van der Waals surface area (Å²) in [7, 11) is 0. The van der Waals surface area contributed by atoms with E-state index >= 15 is 0 Å². The molecule has 21 heavy (non-hydrogen) atoms. The van der Waals surface area contributed by atoms with E-state index in [1.54, 1.807) is 0 Å². The Labute approximate surface area is 123 Å². The maximum Gasteiger partial charge on any atom is 0.231 e. The third-order valence-corrected chi connectivity index (χ3v) is 3.72. The molecule has 0 saturated heterocycles. The fourth-order valence-electron chi connectivity index (χ4n) is 2.57. The first-order chi connectivity index (χ1) is 10.3. The van der Waals surface area contributed by atoms with Crippen LogP contribution >= 0.6 is 0 Å². The lowest BCUT2D eigenvalue weighted by Gasteiger charge is -2.19. The lowest BCUT2D eigenvalue weighted by atomic mass is 9.99. The van der Waals surface area contributed by atoms with Gasteiger partial charge in [0, 0.05) is 5.56 Å². The molecule has 1 amide bonds. The van der Waals surface area contributed by atoms with Crippen molar-refractivity contribution in [3.8, 4) is 5.75 Å². The van der Waals surface area contributed by atoms with E-state index in [0.717, 1.165) is 16.9 Å². The minimum absolute atomic E-state index is 0.122. The van der Waals surface area contributed by atoms with E-state index in [-0.39, 0.29) is 18.4 Å². The minimum Gasteiger partial charge on any atom is -0.492 e. The Morgan fingerprint density at radius 3 is 2.67 bits per heavy atom. The molecule has 2 atom stereocenters. The molecule has 0 spiro atoms. The number of benzene rings is 2. The van der Waals surface area contributed by atoms with Crippen LogP contribution in [0.2, 0.25) is 0 Å². The Kier molecular flexibility index (Phi) is 3.88. The topological polar surface area (TPSA) is 58.6 Å². The van der Waals surface area contributed by atoms with Gasteiger partial charge in [0.2, 0.25) is 5.91 Å². The molecule has 0 saturated carbocycles. The minimum atomic E-state index is -0.397. The van der Waals surface area contributed by atoms with Crippen molar-refractivity contribution in [2.24, 2.45) is 0 Å². The molecule has 2 aromatic carbocycles. The number of hydrogen-bond donors (Lipinski definition) is 2. The summed E-state index contributed by atoms with van der Waals surface area (Å²) < 4.78 is 5.53. The predicted molar refractivity (Wildman–Crippen MR) is 79.1 cm³/mol. The van der Waals surface area contributed by atoms with Crippen LogP contribution in [-0.4, -0.2) is 24.2 Å². The molecule has 0 fully saturated rings. The van der Waals surface area contributed by atoms with Crippen molar-refractivity contribution in [2.45, 2.75) is 12.0 Å². The molecule has 108 valence electrons. The SMILES string of the molecule is O=C(N[C@H](CO)c1ccccc1)C1COc2ccccc21. The van der Waals surface area contributed by atoms with Crippen LogP contribution in [0, 0.1) is 0 Å². The van der Waals surface area contributed by atoms with E-state index in [1.165, 1.54) is 0 Å². The first-order valence-corrected chi connectivity index (χ1v) is 6.97. The second-order valence-corrected chi connectivity index (χ2v) is 5.06. The summed E-state index contributed by atoms with van der Waals surface area (Å²) in [6.07, 6.45) is 0. The zero-order valence-corrected chi connectivity index (χ0v) is 11.5. The Balaban J connectivity index is 1.75. The van der Waals surface area contributed by atoms with Crippen molar-refractivity contribution >= 4 is 5.91 Å². The number of hydrogen-bond acceptors (Lipinski definition) is 3. The number of carbonyl (C=O) groups excluding carboxylic acids is 1. The molecule has 0 bridgehead atoms. The lowest BCUT2D eigenvalue weighted by molar-refractivity contribution is -0.123. The highest BCUT2D eigenvalue weighted by atomic mass is 16.5. The van der Waals surface area contributed by atoms with Crippen LogP contribution in [0.15, 0.2) is 54.6 Å². The zero-order chi connectivity index (χ0) is 14.7. The van der Waals surface area contributed by atoms with Gasteiger partial charge < -0.3 is 15.2 Å². The summed E-state index contributed by atoms with van der Waals surface area (Å²) >= 11 is 0. The molecule has 2 N–H and O–H groups in total. The van der Waals surface area contributed by atoms with E-state index < -0.39 is 6.04 Å². The highest BCUT2D eigenvalue weighted by Crippen LogP contribution is 2.33. The molecule has 1 heterocycles. The number of carbonyl (C=O) groups is 1. The summed E-state index contributed by atoms with van der Waals surface area (Å²) in [5.74, 6) is 0.319. The van der Waals surface area contributed by atoms with Gasteiger partial charge in [0.15, 0.2) is 0 Å². The first-order valence-electron chi connectivity index (χ1n) is 6.97. The largest absolute Gasteiger partial charge is 0.492 e. The van der Waals surface area contributed by atoms with Gasteiger partial charge in [-0.3, -0.25) is 4.79 Å². The number of fused-ring (bicyclic) bond motifs is 1. The van der Waals surface area contributed by atoms with Gasteiger partial charge in [-0.2, -0.15) is 0 Å². The maximum atomic E-state index is 12.4. The van der Waals surface area contributed by atoms with Gasteiger partial charge in [-0.25, -0.2) is 0 Å². The summed E-state index contributed by atoms with van der Waals surface area (Å²) in [5.41, 5.74) is 1.79. The van der Waals surface area contributed by atoms with Gasteiger partial charge >= 0.3 is 0 Å². The first kappa shape index (κ1) is 13.6. The number of rotatable bonds is 4.